The molecule has 0 bridgehead atoms. The first-order valence-corrected chi connectivity index (χ1v) is 7.74. The molecule has 2 heterocycles. The van der Waals surface area contributed by atoms with Crippen molar-refractivity contribution in [2.24, 2.45) is 7.05 Å². The molecule has 0 unspecified atom stereocenters. The minimum absolute atomic E-state index is 1.02. The van der Waals surface area contributed by atoms with Crippen molar-refractivity contribution in [3.05, 3.63) is 66.2 Å². The highest BCUT2D eigenvalue weighted by Crippen LogP contribution is 2.30. The van der Waals surface area contributed by atoms with E-state index in [9.17, 15) is 0 Å². The predicted octanol–water partition coefficient (Wildman–Crippen LogP) is 3.89. The van der Waals surface area contributed by atoms with Crippen molar-refractivity contribution in [3.63, 3.8) is 0 Å². The van der Waals surface area contributed by atoms with Crippen LogP contribution < -0.4 is 4.57 Å². The number of hydrogen-bond acceptors (Lipinski definition) is 2. The van der Waals surface area contributed by atoms with Crippen LogP contribution in [-0.2, 0) is 7.05 Å². The van der Waals surface area contributed by atoms with Crippen molar-refractivity contribution >= 4 is 21.7 Å². The molecule has 0 fully saturated rings. The van der Waals surface area contributed by atoms with E-state index >= 15 is 0 Å². The molecule has 4 aromatic rings. The fourth-order valence-electron chi connectivity index (χ4n) is 3.20. The molecule has 0 aliphatic heterocycles. The smallest absolute Gasteiger partial charge is 0.231 e. The largest absolute Gasteiger partial charge is 0.256 e. The van der Waals surface area contributed by atoms with Crippen LogP contribution in [0.15, 0.2) is 55.0 Å². The Labute approximate surface area is 135 Å². The van der Waals surface area contributed by atoms with Crippen LogP contribution in [0.2, 0.25) is 0 Å². The highest BCUT2D eigenvalue weighted by Gasteiger charge is 2.15. The second-order valence-corrected chi connectivity index (χ2v) is 6.05. The van der Waals surface area contributed by atoms with Crippen molar-refractivity contribution < 1.29 is 4.57 Å². The number of nitrogens with zero attached hydrogens (tertiary/aromatic N) is 3. The monoisotopic (exact) mass is 300 g/mol. The van der Waals surface area contributed by atoms with Gasteiger partial charge >= 0.3 is 0 Å². The first-order chi connectivity index (χ1) is 11.1. The molecule has 0 atom stereocenters. The molecule has 0 N–H and O–H groups in total. The Balaban J connectivity index is 2.07. The summed E-state index contributed by atoms with van der Waals surface area (Å²) in [5, 5.41) is 3.60. The first-order valence-electron chi connectivity index (χ1n) is 7.74. The average molecular weight is 300 g/mol. The van der Waals surface area contributed by atoms with Gasteiger partial charge in [0, 0.05) is 17.0 Å². The van der Waals surface area contributed by atoms with E-state index in [4.69, 9.17) is 0 Å². The van der Waals surface area contributed by atoms with Crippen LogP contribution >= 0.6 is 0 Å². The summed E-state index contributed by atoms with van der Waals surface area (Å²) < 4.78 is 2.14. The van der Waals surface area contributed by atoms with E-state index in [1.165, 1.54) is 27.3 Å². The normalized spacial score (nSPS) is 11.3. The van der Waals surface area contributed by atoms with Gasteiger partial charge in [-0.2, -0.15) is 4.57 Å². The van der Waals surface area contributed by atoms with Gasteiger partial charge in [0.2, 0.25) is 5.69 Å². The van der Waals surface area contributed by atoms with Crippen LogP contribution in [0.25, 0.3) is 32.9 Å². The third kappa shape index (κ3) is 2.25. The van der Waals surface area contributed by atoms with Crippen LogP contribution in [0.3, 0.4) is 0 Å². The lowest BCUT2D eigenvalue weighted by molar-refractivity contribution is -0.661. The minimum Gasteiger partial charge on any atom is -0.256 e. The van der Waals surface area contributed by atoms with Gasteiger partial charge in [-0.05, 0) is 43.0 Å². The lowest BCUT2D eigenvalue weighted by atomic mass is 9.98. The number of aromatic nitrogens is 3. The Morgan fingerprint density at radius 3 is 2.57 bits per heavy atom. The number of para-hydroxylation sites is 1. The molecule has 3 heteroatoms. The molecule has 0 saturated heterocycles. The fraction of sp³-hybridized carbons (Fsp3) is 0.150. The Morgan fingerprint density at radius 2 is 1.74 bits per heavy atom. The standard InChI is InChI=1S/C20H18N3/c1-13-8-15-10-22-19-7-5-4-6-16(19)18(15)9-17(13)20-11-21-14(2)12-23(20)3/h4-12H,1-3H3/q+1. The van der Waals surface area contributed by atoms with Gasteiger partial charge in [0.25, 0.3) is 0 Å². The highest BCUT2D eigenvalue weighted by atomic mass is 15.0. The quantitative estimate of drug-likeness (QED) is 0.394. The summed E-state index contributed by atoms with van der Waals surface area (Å²) in [7, 11) is 2.07. The first kappa shape index (κ1) is 13.8. The maximum Gasteiger partial charge on any atom is 0.231 e. The maximum absolute atomic E-state index is 4.56. The summed E-state index contributed by atoms with van der Waals surface area (Å²) in [5.41, 5.74) is 5.61. The molecule has 0 saturated carbocycles. The molecular weight excluding hydrogens is 282 g/mol. The molecule has 0 spiro atoms. The molecule has 4 rings (SSSR count). The molecule has 0 amide bonds. The summed E-state index contributed by atoms with van der Waals surface area (Å²) >= 11 is 0. The second-order valence-electron chi connectivity index (χ2n) is 6.05. The maximum atomic E-state index is 4.56. The third-order valence-electron chi connectivity index (χ3n) is 4.36. The zero-order valence-electron chi connectivity index (χ0n) is 13.5. The SMILES string of the molecule is Cc1c[n+](C)c(-c2cc3c(cnc4ccccc43)cc2C)cn1. The van der Waals surface area contributed by atoms with E-state index in [0.29, 0.717) is 0 Å². The molecule has 0 radical (unpaired) electrons. The molecule has 3 nitrogen and oxygen atoms in total. The van der Waals surface area contributed by atoms with Gasteiger partial charge in [0.15, 0.2) is 6.20 Å². The van der Waals surface area contributed by atoms with Crippen LogP contribution in [0.5, 0.6) is 0 Å². The number of aryl methyl sites for hydroxylation is 3. The summed E-state index contributed by atoms with van der Waals surface area (Å²) in [5.74, 6) is 0. The summed E-state index contributed by atoms with van der Waals surface area (Å²) in [6, 6.07) is 12.8. The lowest BCUT2D eigenvalue weighted by Crippen LogP contribution is -2.31. The Hall–Kier alpha value is -2.81. The second kappa shape index (κ2) is 5.13. The predicted molar refractivity (Wildman–Crippen MR) is 93.1 cm³/mol. The molecule has 2 aromatic heterocycles. The van der Waals surface area contributed by atoms with E-state index in [2.05, 4.69) is 65.0 Å². The minimum atomic E-state index is 1.02. The molecule has 2 aromatic carbocycles. The van der Waals surface area contributed by atoms with Crippen molar-refractivity contribution in [2.45, 2.75) is 13.8 Å². The van der Waals surface area contributed by atoms with Gasteiger partial charge in [0.1, 0.15) is 12.7 Å². The zero-order valence-corrected chi connectivity index (χ0v) is 13.5. The van der Waals surface area contributed by atoms with Crippen molar-refractivity contribution in [3.8, 4) is 11.3 Å². The topological polar surface area (TPSA) is 29.7 Å². The summed E-state index contributed by atoms with van der Waals surface area (Å²) in [4.78, 5) is 9.03. The van der Waals surface area contributed by atoms with Gasteiger partial charge in [-0.3, -0.25) is 4.98 Å². The van der Waals surface area contributed by atoms with Crippen molar-refractivity contribution in [2.75, 3.05) is 0 Å². The number of hydrogen-bond donors (Lipinski definition) is 0. The number of pyridine rings is 1. The van der Waals surface area contributed by atoms with Gasteiger partial charge in [-0.15, -0.1) is 0 Å². The van der Waals surface area contributed by atoms with E-state index < -0.39 is 0 Å². The van der Waals surface area contributed by atoms with E-state index in [0.717, 1.165) is 16.9 Å². The highest BCUT2D eigenvalue weighted by molar-refractivity contribution is 6.07. The average Bonchev–Trinajstić information content (AvgIpc) is 2.54. The fourth-order valence-corrected chi connectivity index (χ4v) is 3.20. The van der Waals surface area contributed by atoms with Gasteiger partial charge in [-0.25, -0.2) is 4.98 Å². The number of rotatable bonds is 1. The molecule has 23 heavy (non-hydrogen) atoms. The third-order valence-corrected chi connectivity index (χ3v) is 4.36. The Morgan fingerprint density at radius 1 is 0.913 bits per heavy atom. The Kier molecular flexibility index (Phi) is 3.08. The van der Waals surface area contributed by atoms with Gasteiger partial charge in [-0.1, -0.05) is 18.2 Å². The van der Waals surface area contributed by atoms with Crippen LogP contribution in [0.4, 0.5) is 0 Å². The van der Waals surface area contributed by atoms with Crippen molar-refractivity contribution in [1.29, 1.82) is 0 Å². The number of benzene rings is 2. The van der Waals surface area contributed by atoms with Crippen molar-refractivity contribution in [1.82, 2.24) is 9.97 Å². The van der Waals surface area contributed by atoms with E-state index in [-0.39, 0.29) is 0 Å². The summed E-state index contributed by atoms with van der Waals surface area (Å²) in [6.45, 7) is 4.15. The van der Waals surface area contributed by atoms with Crippen LogP contribution in [0.1, 0.15) is 11.3 Å². The molecular formula is C20H18N3+. The Bertz CT molecular complexity index is 1050. The van der Waals surface area contributed by atoms with E-state index in [1.54, 1.807) is 0 Å². The molecule has 0 aliphatic rings. The zero-order chi connectivity index (χ0) is 16.0. The molecule has 0 aliphatic carbocycles. The molecule has 112 valence electrons. The van der Waals surface area contributed by atoms with E-state index in [1.807, 2.05) is 25.4 Å². The lowest BCUT2D eigenvalue weighted by Gasteiger charge is -2.09. The van der Waals surface area contributed by atoms with Crippen LogP contribution in [0, 0.1) is 13.8 Å². The van der Waals surface area contributed by atoms with Gasteiger partial charge < -0.3 is 0 Å². The van der Waals surface area contributed by atoms with Gasteiger partial charge in [0.05, 0.1) is 17.3 Å². The number of fused-ring (bicyclic) bond motifs is 3. The van der Waals surface area contributed by atoms with Crippen LogP contribution in [-0.4, -0.2) is 9.97 Å². The summed E-state index contributed by atoms with van der Waals surface area (Å²) in [6.07, 6.45) is 5.97.